The lowest BCUT2D eigenvalue weighted by Crippen LogP contribution is -2.32. The summed E-state index contributed by atoms with van der Waals surface area (Å²) in [4.78, 5) is 24.3. The second kappa shape index (κ2) is 6.56. The largest absolute Gasteiger partial charge is 0.393 e. The summed E-state index contributed by atoms with van der Waals surface area (Å²) in [5, 5.41) is 10.9. The predicted octanol–water partition coefficient (Wildman–Crippen LogP) is 2.83. The number of hydrogen-bond donors (Lipinski definition) is 1. The van der Waals surface area contributed by atoms with Crippen LogP contribution < -0.4 is 5.73 Å². The molecule has 1 amide bonds. The van der Waals surface area contributed by atoms with Crippen molar-refractivity contribution in [1.82, 2.24) is 4.90 Å². The standard InChI is InChI=1S/C15H21N3O3/c1-17(10-11-5-3-2-4-6-11)15(19)12-7-8-13(16)14(9-12)18(20)21/h7-9,11H,2-6,10,16H2,1H3. The fourth-order valence-corrected chi connectivity index (χ4v) is 2.90. The van der Waals surface area contributed by atoms with Gasteiger partial charge in [0, 0.05) is 25.2 Å². The van der Waals surface area contributed by atoms with Gasteiger partial charge in [-0.15, -0.1) is 0 Å². The van der Waals surface area contributed by atoms with E-state index < -0.39 is 4.92 Å². The maximum atomic E-state index is 12.4. The van der Waals surface area contributed by atoms with Crippen molar-refractivity contribution in [3.63, 3.8) is 0 Å². The van der Waals surface area contributed by atoms with Gasteiger partial charge in [-0.05, 0) is 30.9 Å². The molecule has 6 heteroatoms. The van der Waals surface area contributed by atoms with Crippen LogP contribution in [-0.2, 0) is 0 Å². The number of nitro groups is 1. The Kier molecular flexibility index (Phi) is 4.77. The topological polar surface area (TPSA) is 89.5 Å². The van der Waals surface area contributed by atoms with Crippen molar-refractivity contribution in [2.45, 2.75) is 32.1 Å². The van der Waals surface area contributed by atoms with Crippen LogP contribution in [0.15, 0.2) is 18.2 Å². The Morgan fingerprint density at radius 1 is 1.38 bits per heavy atom. The minimum Gasteiger partial charge on any atom is -0.393 e. The Hall–Kier alpha value is -2.11. The molecule has 0 atom stereocenters. The van der Waals surface area contributed by atoms with Crippen molar-refractivity contribution >= 4 is 17.3 Å². The molecule has 2 N–H and O–H groups in total. The van der Waals surface area contributed by atoms with E-state index in [-0.39, 0.29) is 17.3 Å². The van der Waals surface area contributed by atoms with E-state index >= 15 is 0 Å². The number of nitro benzene ring substituents is 1. The minimum absolute atomic E-state index is 0.0754. The smallest absolute Gasteiger partial charge is 0.292 e. The van der Waals surface area contributed by atoms with Crippen molar-refractivity contribution in [1.29, 1.82) is 0 Å². The fourth-order valence-electron chi connectivity index (χ4n) is 2.90. The Labute approximate surface area is 124 Å². The lowest BCUT2D eigenvalue weighted by atomic mass is 9.89. The van der Waals surface area contributed by atoms with E-state index in [0.29, 0.717) is 18.0 Å². The zero-order valence-corrected chi connectivity index (χ0v) is 12.2. The number of carbonyl (C=O) groups excluding carboxylic acids is 1. The number of benzene rings is 1. The van der Waals surface area contributed by atoms with Crippen LogP contribution in [0.5, 0.6) is 0 Å². The van der Waals surface area contributed by atoms with Crippen LogP contribution in [0.25, 0.3) is 0 Å². The molecule has 0 bridgehead atoms. The molecule has 0 radical (unpaired) electrons. The molecule has 1 aromatic carbocycles. The summed E-state index contributed by atoms with van der Waals surface area (Å²) in [5.41, 5.74) is 5.72. The van der Waals surface area contributed by atoms with Crippen molar-refractivity contribution in [2.75, 3.05) is 19.3 Å². The van der Waals surface area contributed by atoms with Gasteiger partial charge < -0.3 is 10.6 Å². The first-order valence-electron chi connectivity index (χ1n) is 7.28. The Balaban J connectivity index is 2.08. The SMILES string of the molecule is CN(CC1CCCCC1)C(=O)c1ccc(N)c([N+](=O)[O-])c1. The molecular weight excluding hydrogens is 270 g/mol. The number of nitrogens with zero attached hydrogens (tertiary/aromatic N) is 2. The average molecular weight is 291 g/mol. The van der Waals surface area contributed by atoms with Crippen molar-refractivity contribution in [3.8, 4) is 0 Å². The molecule has 0 aliphatic heterocycles. The summed E-state index contributed by atoms with van der Waals surface area (Å²) in [6.45, 7) is 0.705. The summed E-state index contributed by atoms with van der Waals surface area (Å²) < 4.78 is 0. The third-order valence-corrected chi connectivity index (χ3v) is 4.08. The van der Waals surface area contributed by atoms with Gasteiger partial charge in [0.25, 0.3) is 11.6 Å². The molecule has 0 heterocycles. The molecular formula is C15H21N3O3. The zero-order valence-electron chi connectivity index (χ0n) is 12.2. The van der Waals surface area contributed by atoms with E-state index in [9.17, 15) is 14.9 Å². The fraction of sp³-hybridized carbons (Fsp3) is 0.533. The van der Waals surface area contributed by atoms with Gasteiger partial charge in [0.2, 0.25) is 0 Å². The molecule has 2 rings (SSSR count). The molecule has 1 aliphatic carbocycles. The average Bonchev–Trinajstić information content (AvgIpc) is 2.47. The summed E-state index contributed by atoms with van der Waals surface area (Å²) in [5.74, 6) is 0.347. The van der Waals surface area contributed by atoms with Crippen LogP contribution in [0.2, 0.25) is 0 Å². The quantitative estimate of drug-likeness (QED) is 0.524. The van der Waals surface area contributed by atoms with Crippen molar-refractivity contribution in [2.24, 2.45) is 5.92 Å². The third-order valence-electron chi connectivity index (χ3n) is 4.08. The molecule has 0 saturated heterocycles. The molecule has 114 valence electrons. The minimum atomic E-state index is -0.562. The van der Waals surface area contributed by atoms with Gasteiger partial charge in [0.15, 0.2) is 0 Å². The van der Waals surface area contributed by atoms with Crippen molar-refractivity contribution in [3.05, 3.63) is 33.9 Å². The van der Waals surface area contributed by atoms with Crippen molar-refractivity contribution < 1.29 is 9.72 Å². The van der Waals surface area contributed by atoms with Crippen LogP contribution in [-0.4, -0.2) is 29.3 Å². The monoisotopic (exact) mass is 291 g/mol. The van der Waals surface area contributed by atoms with E-state index in [1.807, 2.05) is 0 Å². The van der Waals surface area contributed by atoms with E-state index in [1.165, 1.54) is 31.4 Å². The van der Waals surface area contributed by atoms with E-state index in [2.05, 4.69) is 0 Å². The van der Waals surface area contributed by atoms with Crippen LogP contribution in [0, 0.1) is 16.0 Å². The van der Waals surface area contributed by atoms with Gasteiger partial charge in [-0.3, -0.25) is 14.9 Å². The van der Waals surface area contributed by atoms with Gasteiger partial charge in [0.1, 0.15) is 5.69 Å². The number of nitrogens with two attached hydrogens (primary N) is 1. The van der Waals surface area contributed by atoms with Gasteiger partial charge in [-0.1, -0.05) is 19.3 Å². The number of anilines is 1. The number of nitrogen functional groups attached to an aromatic ring is 1. The lowest BCUT2D eigenvalue weighted by molar-refractivity contribution is -0.383. The van der Waals surface area contributed by atoms with Gasteiger partial charge in [-0.25, -0.2) is 0 Å². The molecule has 1 saturated carbocycles. The zero-order chi connectivity index (χ0) is 15.4. The van der Waals surface area contributed by atoms with Gasteiger partial charge >= 0.3 is 0 Å². The molecule has 21 heavy (non-hydrogen) atoms. The highest BCUT2D eigenvalue weighted by Gasteiger charge is 2.21. The molecule has 0 unspecified atom stereocenters. The maximum absolute atomic E-state index is 12.4. The molecule has 1 aliphatic rings. The molecule has 1 fully saturated rings. The normalized spacial score (nSPS) is 15.7. The summed E-state index contributed by atoms with van der Waals surface area (Å²) in [6, 6.07) is 4.22. The van der Waals surface area contributed by atoms with E-state index in [1.54, 1.807) is 18.0 Å². The maximum Gasteiger partial charge on any atom is 0.292 e. The number of hydrogen-bond acceptors (Lipinski definition) is 4. The van der Waals surface area contributed by atoms with Gasteiger partial charge in [-0.2, -0.15) is 0 Å². The Morgan fingerprint density at radius 2 is 2.05 bits per heavy atom. The summed E-state index contributed by atoms with van der Waals surface area (Å²) >= 11 is 0. The molecule has 0 spiro atoms. The second-order valence-corrected chi connectivity index (χ2v) is 5.72. The Morgan fingerprint density at radius 3 is 2.67 bits per heavy atom. The van der Waals surface area contributed by atoms with Crippen LogP contribution in [0.4, 0.5) is 11.4 Å². The molecule has 1 aromatic rings. The molecule has 0 aromatic heterocycles. The van der Waals surface area contributed by atoms with Gasteiger partial charge in [0.05, 0.1) is 4.92 Å². The highest BCUT2D eigenvalue weighted by molar-refractivity contribution is 5.95. The van der Waals surface area contributed by atoms with Crippen LogP contribution in [0.3, 0.4) is 0 Å². The summed E-state index contributed by atoms with van der Waals surface area (Å²) in [7, 11) is 1.75. The predicted molar refractivity (Wildman–Crippen MR) is 81.0 cm³/mol. The number of rotatable bonds is 4. The van der Waals surface area contributed by atoms with E-state index in [0.717, 1.165) is 12.8 Å². The first-order chi connectivity index (χ1) is 9.99. The first-order valence-corrected chi connectivity index (χ1v) is 7.28. The van der Waals surface area contributed by atoms with Crippen LogP contribution in [0.1, 0.15) is 42.5 Å². The van der Waals surface area contributed by atoms with Crippen LogP contribution >= 0.6 is 0 Å². The summed E-state index contributed by atoms with van der Waals surface area (Å²) in [6.07, 6.45) is 6.03. The highest BCUT2D eigenvalue weighted by atomic mass is 16.6. The number of carbonyl (C=O) groups is 1. The third kappa shape index (κ3) is 3.71. The molecule has 6 nitrogen and oxygen atoms in total. The highest BCUT2D eigenvalue weighted by Crippen LogP contribution is 2.26. The second-order valence-electron chi connectivity index (χ2n) is 5.72. The lowest BCUT2D eigenvalue weighted by Gasteiger charge is -2.27. The Bertz CT molecular complexity index is 539. The first kappa shape index (κ1) is 15.3. The van der Waals surface area contributed by atoms with E-state index in [4.69, 9.17) is 5.73 Å². The number of amides is 1.